The van der Waals surface area contributed by atoms with Crippen LogP contribution in [0.5, 0.6) is 0 Å². The van der Waals surface area contributed by atoms with E-state index in [1.165, 1.54) is 23.3 Å². The number of hydrogen-bond acceptors (Lipinski definition) is 6. The lowest BCUT2D eigenvalue weighted by molar-refractivity contribution is -0.137. The molecule has 1 amide bonds. The van der Waals surface area contributed by atoms with Crippen LogP contribution < -0.4 is 0 Å². The van der Waals surface area contributed by atoms with Gasteiger partial charge in [0.25, 0.3) is 5.91 Å². The summed E-state index contributed by atoms with van der Waals surface area (Å²) in [5, 5.41) is 16.1. The number of fused-ring (bicyclic) bond motifs is 1. The molecule has 8 nitrogen and oxygen atoms in total. The fourth-order valence-corrected chi connectivity index (χ4v) is 3.64. The number of thiophene rings is 1. The van der Waals surface area contributed by atoms with Crippen molar-refractivity contribution in [1.29, 1.82) is 0 Å². The van der Waals surface area contributed by atoms with Gasteiger partial charge in [-0.3, -0.25) is 14.3 Å². The highest BCUT2D eigenvalue weighted by Gasteiger charge is 2.24. The Morgan fingerprint density at radius 3 is 2.81 bits per heavy atom. The Kier molecular flexibility index (Phi) is 5.52. The maximum Gasteiger partial charge on any atom is 0.323 e. The molecule has 0 atom stereocenters. The van der Waals surface area contributed by atoms with Crippen LogP contribution in [0, 0.1) is 6.92 Å². The number of carbonyl (C=O) groups excluding carboxylic acids is 1. The Morgan fingerprint density at radius 2 is 2.19 bits per heavy atom. The number of carboxylic acid groups (broad SMARTS) is 1. The van der Waals surface area contributed by atoms with Gasteiger partial charge in [-0.1, -0.05) is 6.07 Å². The van der Waals surface area contributed by atoms with E-state index in [1.54, 1.807) is 17.8 Å². The van der Waals surface area contributed by atoms with E-state index in [0.717, 1.165) is 4.88 Å². The quantitative estimate of drug-likeness (QED) is 0.666. The molecule has 0 aliphatic heterocycles. The van der Waals surface area contributed by atoms with Gasteiger partial charge in [-0.05, 0) is 24.4 Å². The van der Waals surface area contributed by atoms with Gasteiger partial charge in [-0.2, -0.15) is 5.10 Å². The number of pyridine rings is 1. The van der Waals surface area contributed by atoms with Gasteiger partial charge in [0.1, 0.15) is 6.54 Å². The molecule has 0 saturated carbocycles. The van der Waals surface area contributed by atoms with Crippen LogP contribution >= 0.6 is 11.3 Å². The number of amides is 1. The number of rotatable bonds is 7. The minimum Gasteiger partial charge on any atom is -0.480 e. The van der Waals surface area contributed by atoms with Gasteiger partial charge >= 0.3 is 5.97 Å². The van der Waals surface area contributed by atoms with Crippen LogP contribution in [0.1, 0.15) is 16.1 Å². The van der Waals surface area contributed by atoms with Crippen molar-refractivity contribution in [2.45, 2.75) is 6.92 Å². The Bertz CT molecular complexity index is 981. The SMILES string of the molecule is COCCN(CC(=O)O)C(=O)c1cc(-c2cccs2)nc2c1c(C)nn2C. The van der Waals surface area contributed by atoms with E-state index in [1.807, 2.05) is 24.4 Å². The van der Waals surface area contributed by atoms with E-state index in [-0.39, 0.29) is 19.1 Å². The summed E-state index contributed by atoms with van der Waals surface area (Å²) in [6.45, 7) is 1.83. The Morgan fingerprint density at radius 1 is 1.41 bits per heavy atom. The van der Waals surface area contributed by atoms with Crippen LogP contribution in [0.3, 0.4) is 0 Å². The van der Waals surface area contributed by atoms with Crippen LogP contribution in [-0.4, -0.2) is 63.5 Å². The van der Waals surface area contributed by atoms with Crippen molar-refractivity contribution in [3.05, 3.63) is 34.8 Å². The highest BCUT2D eigenvalue weighted by atomic mass is 32.1. The third-order valence-electron chi connectivity index (χ3n) is 4.15. The normalized spacial score (nSPS) is 11.1. The van der Waals surface area contributed by atoms with Gasteiger partial charge in [0, 0.05) is 20.7 Å². The van der Waals surface area contributed by atoms with E-state index in [9.17, 15) is 14.7 Å². The van der Waals surface area contributed by atoms with E-state index < -0.39 is 12.5 Å². The van der Waals surface area contributed by atoms with Gasteiger partial charge in [0.15, 0.2) is 5.65 Å². The molecule has 3 heterocycles. The Labute approximate surface area is 160 Å². The molecule has 0 aliphatic rings. The minimum atomic E-state index is -1.08. The first-order chi connectivity index (χ1) is 12.9. The number of aryl methyl sites for hydroxylation is 2. The molecule has 0 aliphatic carbocycles. The van der Waals surface area contributed by atoms with Gasteiger partial charge < -0.3 is 14.7 Å². The number of carboxylic acids is 1. The van der Waals surface area contributed by atoms with Crippen molar-refractivity contribution in [2.24, 2.45) is 7.05 Å². The molecule has 9 heteroatoms. The topological polar surface area (TPSA) is 97.6 Å². The maximum absolute atomic E-state index is 13.2. The predicted molar refractivity (Wildman–Crippen MR) is 102 cm³/mol. The smallest absolute Gasteiger partial charge is 0.323 e. The second-order valence-electron chi connectivity index (χ2n) is 6.05. The van der Waals surface area contributed by atoms with Crippen LogP contribution in [0.15, 0.2) is 23.6 Å². The number of aromatic nitrogens is 3. The predicted octanol–water partition coefficient (Wildman–Crippen LogP) is 2.18. The molecular weight excluding hydrogens is 368 g/mol. The summed E-state index contributed by atoms with van der Waals surface area (Å²) in [6.07, 6.45) is 0. The van der Waals surface area contributed by atoms with Gasteiger partial charge in [0.05, 0.1) is 33.8 Å². The average molecular weight is 388 g/mol. The highest BCUT2D eigenvalue weighted by molar-refractivity contribution is 7.13. The summed E-state index contributed by atoms with van der Waals surface area (Å²) < 4.78 is 6.66. The standard InChI is InChI=1S/C18H20N4O4S/c1-11-16-12(18(25)22(6-7-26-3)10-15(23)24)9-13(14-5-4-8-27-14)19-17(16)21(2)20-11/h4-5,8-9H,6-7,10H2,1-3H3,(H,23,24). The molecule has 0 unspecified atom stereocenters. The molecule has 3 aromatic rings. The van der Waals surface area contributed by atoms with Crippen LogP contribution in [0.4, 0.5) is 0 Å². The lowest BCUT2D eigenvalue weighted by Crippen LogP contribution is -2.38. The molecule has 3 aromatic heterocycles. The molecule has 3 rings (SSSR count). The van der Waals surface area contributed by atoms with Crippen molar-refractivity contribution in [3.63, 3.8) is 0 Å². The minimum absolute atomic E-state index is 0.180. The zero-order valence-corrected chi connectivity index (χ0v) is 16.1. The summed E-state index contributed by atoms with van der Waals surface area (Å²) in [5.74, 6) is -1.46. The van der Waals surface area contributed by atoms with Gasteiger partial charge in [-0.25, -0.2) is 4.98 Å². The van der Waals surface area contributed by atoms with Crippen molar-refractivity contribution in [3.8, 4) is 10.6 Å². The number of aliphatic carboxylic acids is 1. The first kappa shape index (κ1) is 19.0. The fraction of sp³-hybridized carbons (Fsp3) is 0.333. The molecule has 0 fully saturated rings. The number of carbonyl (C=O) groups is 2. The van der Waals surface area contributed by atoms with Gasteiger partial charge in [0.2, 0.25) is 0 Å². The molecule has 0 radical (unpaired) electrons. The zero-order valence-electron chi connectivity index (χ0n) is 15.3. The Hall–Kier alpha value is -2.78. The second-order valence-corrected chi connectivity index (χ2v) is 7.00. The molecule has 0 aromatic carbocycles. The Balaban J connectivity index is 2.15. The first-order valence-electron chi connectivity index (χ1n) is 8.30. The van der Waals surface area contributed by atoms with E-state index >= 15 is 0 Å². The number of hydrogen-bond donors (Lipinski definition) is 1. The monoisotopic (exact) mass is 388 g/mol. The van der Waals surface area contributed by atoms with E-state index in [4.69, 9.17) is 4.74 Å². The summed E-state index contributed by atoms with van der Waals surface area (Å²) >= 11 is 1.52. The largest absolute Gasteiger partial charge is 0.480 e. The first-order valence-corrected chi connectivity index (χ1v) is 9.18. The maximum atomic E-state index is 13.2. The molecule has 0 bridgehead atoms. The summed E-state index contributed by atoms with van der Waals surface area (Å²) in [4.78, 5) is 31.3. The highest BCUT2D eigenvalue weighted by Crippen LogP contribution is 2.30. The van der Waals surface area contributed by atoms with Gasteiger partial charge in [-0.15, -0.1) is 11.3 Å². The number of methoxy groups -OCH3 is 1. The third kappa shape index (κ3) is 3.83. The van der Waals surface area contributed by atoms with E-state index in [2.05, 4.69) is 10.1 Å². The van der Waals surface area contributed by atoms with Crippen molar-refractivity contribution < 1.29 is 19.4 Å². The molecule has 27 heavy (non-hydrogen) atoms. The van der Waals surface area contributed by atoms with E-state index in [0.29, 0.717) is 28.0 Å². The molecule has 0 spiro atoms. The van der Waals surface area contributed by atoms with Crippen LogP contribution in [-0.2, 0) is 16.6 Å². The van der Waals surface area contributed by atoms with Crippen molar-refractivity contribution in [1.82, 2.24) is 19.7 Å². The summed E-state index contributed by atoms with van der Waals surface area (Å²) in [5.41, 5.74) is 2.31. The van der Waals surface area contributed by atoms with Crippen molar-refractivity contribution in [2.75, 3.05) is 26.8 Å². The van der Waals surface area contributed by atoms with Crippen molar-refractivity contribution >= 4 is 34.2 Å². The number of ether oxygens (including phenoxy) is 1. The summed E-state index contributed by atoms with van der Waals surface area (Å²) in [6, 6.07) is 5.56. The lowest BCUT2D eigenvalue weighted by Gasteiger charge is -2.21. The zero-order chi connectivity index (χ0) is 19.6. The third-order valence-corrected chi connectivity index (χ3v) is 5.04. The molecule has 142 valence electrons. The lowest BCUT2D eigenvalue weighted by atomic mass is 10.1. The fourth-order valence-electron chi connectivity index (χ4n) is 2.95. The summed E-state index contributed by atoms with van der Waals surface area (Å²) in [7, 11) is 3.28. The average Bonchev–Trinajstić information content (AvgIpc) is 3.26. The second kappa shape index (κ2) is 7.85. The molecule has 1 N–H and O–H groups in total. The molecular formula is C18H20N4O4S. The number of nitrogens with zero attached hydrogens (tertiary/aromatic N) is 4. The van der Waals surface area contributed by atoms with Crippen LogP contribution in [0.25, 0.3) is 21.6 Å². The van der Waals surface area contributed by atoms with Crippen LogP contribution in [0.2, 0.25) is 0 Å². The molecule has 0 saturated heterocycles.